The maximum Gasteiger partial charge on any atom is 0.424 e. The molecular weight excluding hydrogens is 297 g/mol. The van der Waals surface area contributed by atoms with Crippen LogP contribution in [0.25, 0.3) is 0 Å². The largest absolute Gasteiger partial charge is 0.496 e. The Hall–Kier alpha value is -1.56. The number of aliphatic hydroxyl groups is 1. The Balaban J connectivity index is 3.25. The molecule has 2 atom stereocenters. The summed E-state index contributed by atoms with van der Waals surface area (Å²) < 4.78 is 44.1. The molecule has 0 amide bonds. The van der Waals surface area contributed by atoms with Crippen LogP contribution in [-0.2, 0) is 11.2 Å². The average Bonchev–Trinajstić information content (AvgIpc) is 2.50. The van der Waals surface area contributed by atoms with E-state index in [0.717, 1.165) is 5.56 Å². The summed E-state index contributed by atoms with van der Waals surface area (Å²) in [4.78, 5) is 10.8. The number of carbonyl (C=O) groups is 1. The summed E-state index contributed by atoms with van der Waals surface area (Å²) in [5.41, 5.74) is -1.89. The van der Waals surface area contributed by atoms with Crippen LogP contribution in [0, 0.1) is 0 Å². The summed E-state index contributed by atoms with van der Waals surface area (Å²) in [6.45, 7) is 3.63. The van der Waals surface area contributed by atoms with Crippen LogP contribution >= 0.6 is 0 Å². The van der Waals surface area contributed by atoms with E-state index in [2.05, 4.69) is 0 Å². The van der Waals surface area contributed by atoms with E-state index in [9.17, 15) is 23.1 Å². The summed E-state index contributed by atoms with van der Waals surface area (Å²) in [6, 6.07) is 5.26. The number of methoxy groups -OCH3 is 1. The lowest BCUT2D eigenvalue weighted by Gasteiger charge is -2.30. The van der Waals surface area contributed by atoms with E-state index in [-0.39, 0.29) is 0 Å². The molecular formula is C16H21F3O3. The van der Waals surface area contributed by atoms with Gasteiger partial charge < -0.3 is 9.84 Å². The quantitative estimate of drug-likeness (QED) is 0.781. The third-order valence-electron chi connectivity index (χ3n) is 3.89. The van der Waals surface area contributed by atoms with E-state index >= 15 is 0 Å². The number of rotatable bonds is 7. The molecule has 1 rings (SSSR count). The minimum absolute atomic E-state index is 0.343. The summed E-state index contributed by atoms with van der Waals surface area (Å²) in [5.74, 6) is -0.120. The van der Waals surface area contributed by atoms with Crippen molar-refractivity contribution in [3.63, 3.8) is 0 Å². The number of aldehydes is 1. The predicted octanol–water partition coefficient (Wildman–Crippen LogP) is 3.63. The number of halogens is 3. The number of hydrogen-bond acceptors (Lipinski definition) is 3. The Morgan fingerprint density at radius 2 is 1.95 bits per heavy atom. The Morgan fingerprint density at radius 1 is 1.32 bits per heavy atom. The van der Waals surface area contributed by atoms with Gasteiger partial charge in [0, 0.05) is 0 Å². The molecule has 0 saturated heterocycles. The number of hydrogen-bond donors (Lipinski definition) is 1. The zero-order valence-electron chi connectivity index (χ0n) is 12.9. The van der Waals surface area contributed by atoms with Crippen molar-refractivity contribution in [2.45, 2.75) is 50.8 Å². The highest BCUT2D eigenvalue weighted by Gasteiger charge is 2.54. The third kappa shape index (κ3) is 3.61. The van der Waals surface area contributed by atoms with Gasteiger partial charge in [-0.2, -0.15) is 13.2 Å². The molecule has 0 saturated carbocycles. The smallest absolute Gasteiger partial charge is 0.424 e. The number of alkyl halides is 3. The van der Waals surface area contributed by atoms with Crippen LogP contribution in [-0.4, -0.2) is 30.3 Å². The van der Waals surface area contributed by atoms with Crippen molar-refractivity contribution in [2.24, 2.45) is 0 Å². The summed E-state index contributed by atoms with van der Waals surface area (Å²) in [7, 11) is 1.46. The van der Waals surface area contributed by atoms with Gasteiger partial charge in [-0.1, -0.05) is 32.0 Å². The molecule has 1 N–H and O–H groups in total. The zero-order valence-corrected chi connectivity index (χ0v) is 12.9. The van der Waals surface area contributed by atoms with Gasteiger partial charge in [-0.25, -0.2) is 0 Å². The minimum atomic E-state index is -5.00. The van der Waals surface area contributed by atoms with Crippen molar-refractivity contribution < 1.29 is 27.8 Å². The first kappa shape index (κ1) is 18.5. The molecule has 0 bridgehead atoms. The number of para-hydroxylation sites is 1. The van der Waals surface area contributed by atoms with Crippen LogP contribution < -0.4 is 4.74 Å². The number of benzene rings is 1. The molecule has 0 heterocycles. The summed E-state index contributed by atoms with van der Waals surface area (Å²) >= 11 is 0. The van der Waals surface area contributed by atoms with Gasteiger partial charge in [0.1, 0.15) is 5.75 Å². The van der Waals surface area contributed by atoms with Gasteiger partial charge in [-0.15, -0.1) is 0 Å². The van der Waals surface area contributed by atoms with Gasteiger partial charge in [-0.05, 0) is 36.3 Å². The standard InChI is InChI=1S/C16H21F3O3/c1-4-11-7-6-8-13(14(11)22-3)12(5-2)9-15(21,10-20)16(17,18)19/h6-8,10,12,21H,4-5,9H2,1-3H3. The maximum absolute atomic E-state index is 12.9. The van der Waals surface area contributed by atoms with Gasteiger partial charge in [0.05, 0.1) is 7.11 Å². The topological polar surface area (TPSA) is 46.5 Å². The van der Waals surface area contributed by atoms with Crippen molar-refractivity contribution in [1.29, 1.82) is 0 Å². The second kappa shape index (κ2) is 7.13. The summed E-state index contributed by atoms with van der Waals surface area (Å²) in [6.07, 6.45) is -5.13. The van der Waals surface area contributed by atoms with E-state index in [1.54, 1.807) is 19.1 Å². The first-order valence-electron chi connectivity index (χ1n) is 7.15. The zero-order chi connectivity index (χ0) is 17.0. The van der Waals surface area contributed by atoms with Crippen molar-refractivity contribution in [3.05, 3.63) is 29.3 Å². The molecule has 0 aliphatic rings. The van der Waals surface area contributed by atoms with Gasteiger partial charge in [0.2, 0.25) is 5.60 Å². The van der Waals surface area contributed by atoms with Crippen molar-refractivity contribution in [2.75, 3.05) is 7.11 Å². The van der Waals surface area contributed by atoms with Gasteiger partial charge >= 0.3 is 6.18 Å². The highest BCUT2D eigenvalue weighted by atomic mass is 19.4. The van der Waals surface area contributed by atoms with Crippen molar-refractivity contribution in [3.8, 4) is 5.75 Å². The molecule has 3 nitrogen and oxygen atoms in total. The Morgan fingerprint density at radius 3 is 2.36 bits per heavy atom. The number of ether oxygens (including phenoxy) is 1. The van der Waals surface area contributed by atoms with E-state index in [0.29, 0.717) is 24.2 Å². The lowest BCUT2D eigenvalue weighted by molar-refractivity contribution is -0.247. The molecule has 1 aromatic rings. The highest BCUT2D eigenvalue weighted by Crippen LogP contribution is 2.41. The molecule has 1 aromatic carbocycles. The van der Waals surface area contributed by atoms with E-state index in [1.165, 1.54) is 7.11 Å². The van der Waals surface area contributed by atoms with E-state index in [1.807, 2.05) is 13.0 Å². The van der Waals surface area contributed by atoms with Crippen LogP contribution in [0.2, 0.25) is 0 Å². The van der Waals surface area contributed by atoms with E-state index in [4.69, 9.17) is 4.74 Å². The monoisotopic (exact) mass is 318 g/mol. The second-order valence-electron chi connectivity index (χ2n) is 5.24. The van der Waals surface area contributed by atoms with Crippen molar-refractivity contribution >= 4 is 6.29 Å². The Kier molecular flexibility index (Phi) is 6.00. The molecule has 0 fully saturated rings. The fourth-order valence-electron chi connectivity index (χ4n) is 2.53. The molecule has 2 unspecified atom stereocenters. The van der Waals surface area contributed by atoms with Crippen LogP contribution in [0.4, 0.5) is 13.2 Å². The van der Waals surface area contributed by atoms with Crippen molar-refractivity contribution in [1.82, 2.24) is 0 Å². The second-order valence-corrected chi connectivity index (χ2v) is 5.24. The number of carbonyl (C=O) groups excluding carboxylic acids is 1. The predicted molar refractivity (Wildman–Crippen MR) is 77.1 cm³/mol. The maximum atomic E-state index is 12.9. The van der Waals surface area contributed by atoms with Gasteiger partial charge in [0.25, 0.3) is 0 Å². The molecule has 0 aromatic heterocycles. The Bertz CT molecular complexity index is 514. The Labute approximate surface area is 128 Å². The van der Waals surface area contributed by atoms with Crippen LogP contribution in [0.1, 0.15) is 43.7 Å². The fourth-order valence-corrected chi connectivity index (χ4v) is 2.53. The van der Waals surface area contributed by atoms with Crippen LogP contribution in [0.3, 0.4) is 0 Å². The summed E-state index contributed by atoms with van der Waals surface area (Å²) in [5, 5.41) is 9.68. The molecule has 22 heavy (non-hydrogen) atoms. The molecule has 0 spiro atoms. The van der Waals surface area contributed by atoms with Gasteiger partial charge in [0.15, 0.2) is 6.29 Å². The lowest BCUT2D eigenvalue weighted by Crippen LogP contribution is -2.47. The molecule has 6 heteroatoms. The number of aryl methyl sites for hydroxylation is 1. The average molecular weight is 318 g/mol. The van der Waals surface area contributed by atoms with E-state index < -0.39 is 30.4 Å². The van der Waals surface area contributed by atoms with Gasteiger partial charge in [-0.3, -0.25) is 4.79 Å². The molecule has 124 valence electrons. The van der Waals surface area contributed by atoms with Crippen LogP contribution in [0.5, 0.6) is 5.75 Å². The normalized spacial score (nSPS) is 16.0. The first-order chi connectivity index (χ1) is 10.2. The molecule has 0 aliphatic heterocycles. The SMILES string of the molecule is CCc1cccc(C(CC)CC(O)(C=O)C(F)(F)F)c1OC. The van der Waals surface area contributed by atoms with Crippen LogP contribution in [0.15, 0.2) is 18.2 Å². The fraction of sp³-hybridized carbons (Fsp3) is 0.562. The molecule has 0 aliphatic carbocycles. The highest BCUT2D eigenvalue weighted by molar-refractivity contribution is 5.64. The first-order valence-corrected chi connectivity index (χ1v) is 7.15. The molecule has 0 radical (unpaired) electrons. The minimum Gasteiger partial charge on any atom is -0.496 e. The third-order valence-corrected chi connectivity index (χ3v) is 3.89. The lowest BCUT2D eigenvalue weighted by atomic mass is 9.83.